The largest absolute Gasteiger partial charge is 0.497 e. The van der Waals surface area contributed by atoms with Crippen molar-refractivity contribution in [3.8, 4) is 11.5 Å². The summed E-state index contributed by atoms with van der Waals surface area (Å²) in [6.07, 6.45) is 3.89. The van der Waals surface area contributed by atoms with Crippen molar-refractivity contribution in [2.45, 2.75) is 19.4 Å². The van der Waals surface area contributed by atoms with Gasteiger partial charge in [0.15, 0.2) is 0 Å². The maximum Gasteiger partial charge on any atom is 0.257 e. The van der Waals surface area contributed by atoms with Gasteiger partial charge in [-0.1, -0.05) is 6.07 Å². The molecule has 0 spiro atoms. The molecule has 32 heavy (non-hydrogen) atoms. The van der Waals surface area contributed by atoms with E-state index in [1.165, 1.54) is 0 Å². The highest BCUT2D eigenvalue weighted by Crippen LogP contribution is 2.27. The highest BCUT2D eigenvalue weighted by Gasteiger charge is 2.28. The Bertz CT molecular complexity index is 1090. The predicted molar refractivity (Wildman–Crippen MR) is 119 cm³/mol. The molecule has 1 fully saturated rings. The average Bonchev–Trinajstić information content (AvgIpc) is 3.17. The lowest BCUT2D eigenvalue weighted by Gasteiger charge is -2.32. The molecule has 3 heterocycles. The molecule has 0 unspecified atom stereocenters. The zero-order valence-corrected chi connectivity index (χ0v) is 18.9. The van der Waals surface area contributed by atoms with Gasteiger partial charge in [-0.25, -0.2) is 0 Å². The lowest BCUT2D eigenvalue weighted by Crippen LogP contribution is -2.42. The van der Waals surface area contributed by atoms with E-state index in [9.17, 15) is 4.79 Å². The zero-order chi connectivity index (χ0) is 22.7. The maximum atomic E-state index is 13.0. The van der Waals surface area contributed by atoms with Gasteiger partial charge < -0.3 is 19.1 Å². The van der Waals surface area contributed by atoms with Gasteiger partial charge in [-0.15, -0.1) is 0 Å². The molecule has 1 aliphatic heterocycles. The summed E-state index contributed by atoms with van der Waals surface area (Å²) in [4.78, 5) is 19.4. The van der Waals surface area contributed by atoms with E-state index >= 15 is 0 Å². The molecule has 168 valence electrons. The fraction of sp³-hybridized carbons (Fsp3) is 0.375. The molecule has 0 N–H and O–H groups in total. The molecule has 0 bridgehead atoms. The third-order valence-corrected chi connectivity index (χ3v) is 5.88. The number of amides is 1. The summed E-state index contributed by atoms with van der Waals surface area (Å²) < 4.78 is 18.5. The van der Waals surface area contributed by atoms with Crippen molar-refractivity contribution in [2.24, 2.45) is 7.05 Å². The Balaban J connectivity index is 1.46. The van der Waals surface area contributed by atoms with E-state index in [0.29, 0.717) is 31.7 Å². The lowest BCUT2D eigenvalue weighted by molar-refractivity contribution is -0.0247. The minimum atomic E-state index is -0.259. The first-order valence-electron chi connectivity index (χ1n) is 10.6. The average molecular weight is 437 g/mol. The molecule has 2 aromatic heterocycles. The maximum absolute atomic E-state index is 13.0. The fourth-order valence-electron chi connectivity index (χ4n) is 3.86. The molecule has 0 aliphatic carbocycles. The highest BCUT2D eigenvalue weighted by molar-refractivity contribution is 5.95. The van der Waals surface area contributed by atoms with Crippen LogP contribution in [0.25, 0.3) is 0 Å². The van der Waals surface area contributed by atoms with Crippen LogP contribution in [0.1, 0.15) is 39.0 Å². The second-order valence-corrected chi connectivity index (χ2v) is 7.82. The quantitative estimate of drug-likeness (QED) is 0.591. The lowest BCUT2D eigenvalue weighted by atomic mass is 10.0. The number of nitrogens with zero attached hydrogens (tertiary/aromatic N) is 4. The number of pyridine rings is 1. The first kappa shape index (κ1) is 21.8. The highest BCUT2D eigenvalue weighted by atomic mass is 16.5. The number of aryl methyl sites for hydroxylation is 1. The molecule has 1 aromatic carbocycles. The number of carbonyl (C=O) groups excluding carboxylic acids is 1. The Labute approximate surface area is 187 Å². The topological polar surface area (TPSA) is 78.7 Å². The first-order chi connectivity index (χ1) is 15.5. The van der Waals surface area contributed by atoms with E-state index in [2.05, 4.69) is 10.1 Å². The Hall–Kier alpha value is -3.39. The van der Waals surface area contributed by atoms with E-state index in [0.717, 1.165) is 34.0 Å². The predicted octanol–water partition coefficient (Wildman–Crippen LogP) is 2.95. The van der Waals surface area contributed by atoms with E-state index < -0.39 is 0 Å². The number of aromatic nitrogens is 3. The Kier molecular flexibility index (Phi) is 6.41. The first-order valence-corrected chi connectivity index (χ1v) is 10.6. The van der Waals surface area contributed by atoms with Gasteiger partial charge in [-0.05, 0) is 36.8 Å². The van der Waals surface area contributed by atoms with Crippen LogP contribution >= 0.6 is 0 Å². The number of carbonyl (C=O) groups is 1. The van der Waals surface area contributed by atoms with Gasteiger partial charge in [-0.3, -0.25) is 14.5 Å². The number of hydrogen-bond donors (Lipinski definition) is 0. The molecule has 0 saturated carbocycles. The van der Waals surface area contributed by atoms with Crippen LogP contribution in [0, 0.1) is 6.92 Å². The van der Waals surface area contributed by atoms with Crippen molar-refractivity contribution in [1.82, 2.24) is 19.7 Å². The van der Waals surface area contributed by atoms with Crippen LogP contribution in [0.5, 0.6) is 11.5 Å². The number of rotatable bonds is 6. The third kappa shape index (κ3) is 4.45. The van der Waals surface area contributed by atoms with E-state index in [1.807, 2.05) is 55.4 Å². The van der Waals surface area contributed by atoms with Gasteiger partial charge in [0.05, 0.1) is 44.8 Å². The summed E-state index contributed by atoms with van der Waals surface area (Å²) in [5.74, 6) is 1.57. The van der Waals surface area contributed by atoms with Crippen molar-refractivity contribution < 1.29 is 19.0 Å². The van der Waals surface area contributed by atoms with E-state index in [-0.39, 0.29) is 12.0 Å². The molecule has 1 atom stereocenters. The Morgan fingerprint density at radius 3 is 2.69 bits per heavy atom. The summed E-state index contributed by atoms with van der Waals surface area (Å²) in [5, 5.41) is 4.19. The minimum absolute atomic E-state index is 0.0226. The second kappa shape index (κ2) is 9.40. The van der Waals surface area contributed by atoms with Crippen LogP contribution in [0.3, 0.4) is 0 Å². The summed E-state index contributed by atoms with van der Waals surface area (Å²) in [7, 11) is 5.14. The second-order valence-electron chi connectivity index (χ2n) is 7.82. The molecule has 8 heteroatoms. The summed E-state index contributed by atoms with van der Waals surface area (Å²) in [6.45, 7) is 3.39. The molecule has 1 saturated heterocycles. The van der Waals surface area contributed by atoms with Crippen molar-refractivity contribution >= 4 is 5.91 Å². The van der Waals surface area contributed by atoms with Crippen molar-refractivity contribution in [3.05, 3.63) is 70.8 Å². The van der Waals surface area contributed by atoms with Gasteiger partial charge >= 0.3 is 0 Å². The summed E-state index contributed by atoms with van der Waals surface area (Å²) in [6, 6.07) is 9.76. The molecular weight excluding hydrogens is 408 g/mol. The van der Waals surface area contributed by atoms with Crippen LogP contribution in [-0.4, -0.2) is 59.5 Å². The number of morpholine rings is 1. The molecule has 8 nitrogen and oxygen atoms in total. The third-order valence-electron chi connectivity index (χ3n) is 5.88. The SMILES string of the molecule is COc1ccc(OC)c(Cc2ccc([C@@H]3CN(C(=O)c4cnn(C)c4C)CCO3)nc2)c1. The summed E-state index contributed by atoms with van der Waals surface area (Å²) in [5.41, 5.74) is 4.37. The monoisotopic (exact) mass is 436 g/mol. The van der Waals surface area contributed by atoms with Gasteiger partial charge in [0.2, 0.25) is 0 Å². The normalized spacial score (nSPS) is 16.1. The van der Waals surface area contributed by atoms with Gasteiger partial charge in [-0.2, -0.15) is 5.10 Å². The van der Waals surface area contributed by atoms with Gasteiger partial charge in [0.25, 0.3) is 5.91 Å². The van der Waals surface area contributed by atoms with Crippen molar-refractivity contribution in [1.29, 1.82) is 0 Å². The zero-order valence-electron chi connectivity index (χ0n) is 18.9. The fourth-order valence-corrected chi connectivity index (χ4v) is 3.86. The molecule has 1 aliphatic rings. The van der Waals surface area contributed by atoms with Gasteiger partial charge in [0, 0.05) is 37.5 Å². The van der Waals surface area contributed by atoms with Crippen LogP contribution in [0.4, 0.5) is 0 Å². The molecular formula is C24H28N4O4. The number of benzene rings is 1. The van der Waals surface area contributed by atoms with Crippen LogP contribution in [-0.2, 0) is 18.2 Å². The van der Waals surface area contributed by atoms with Gasteiger partial charge in [0.1, 0.15) is 17.6 Å². The Morgan fingerprint density at radius 1 is 1.19 bits per heavy atom. The van der Waals surface area contributed by atoms with Crippen molar-refractivity contribution in [2.75, 3.05) is 33.9 Å². The van der Waals surface area contributed by atoms with Crippen LogP contribution in [0.15, 0.2) is 42.7 Å². The minimum Gasteiger partial charge on any atom is -0.497 e. The van der Waals surface area contributed by atoms with E-state index in [4.69, 9.17) is 14.2 Å². The van der Waals surface area contributed by atoms with Crippen LogP contribution in [0.2, 0.25) is 0 Å². The number of hydrogen-bond acceptors (Lipinski definition) is 6. The summed E-state index contributed by atoms with van der Waals surface area (Å²) >= 11 is 0. The molecule has 1 amide bonds. The molecule has 0 radical (unpaired) electrons. The smallest absolute Gasteiger partial charge is 0.257 e. The van der Waals surface area contributed by atoms with Crippen LogP contribution < -0.4 is 9.47 Å². The van der Waals surface area contributed by atoms with E-state index in [1.54, 1.807) is 25.1 Å². The molecule has 4 rings (SSSR count). The number of ether oxygens (including phenoxy) is 3. The van der Waals surface area contributed by atoms with Crippen molar-refractivity contribution in [3.63, 3.8) is 0 Å². The molecule has 3 aromatic rings. The Morgan fingerprint density at radius 2 is 2.03 bits per heavy atom. The standard InChI is InChI=1S/C24H28N4O4/c1-16-20(14-26-27(16)2)24(29)28-9-10-32-23(15-28)21-7-5-17(13-25-21)11-18-12-19(30-3)6-8-22(18)31-4/h5-8,12-14,23H,9-11,15H2,1-4H3/t23-/m0/s1. The number of methoxy groups -OCH3 is 2.